The summed E-state index contributed by atoms with van der Waals surface area (Å²) < 4.78 is 0. The van der Waals surface area contributed by atoms with E-state index in [0.717, 1.165) is 5.57 Å². The Morgan fingerprint density at radius 2 is 1.37 bits per heavy atom. The molecule has 0 aliphatic heterocycles. The van der Waals surface area contributed by atoms with Crippen LogP contribution in [0.3, 0.4) is 0 Å². The number of allylic oxidation sites excluding steroid dienone is 5. The molecular weight excluding hydrogens is 360 g/mol. The first-order valence-electron chi connectivity index (χ1n) is 10.7. The second kappa shape index (κ2) is 7.61. The third-order valence-corrected chi connectivity index (χ3v) is 6.68. The van der Waals surface area contributed by atoms with Gasteiger partial charge in [-0.05, 0) is 84.7 Å². The number of benzene rings is 3. The van der Waals surface area contributed by atoms with Crippen LogP contribution in [-0.4, -0.2) is 0 Å². The Morgan fingerprint density at radius 1 is 0.800 bits per heavy atom. The molecule has 4 rings (SSSR count). The van der Waals surface area contributed by atoms with Crippen molar-refractivity contribution < 1.29 is 0 Å². The van der Waals surface area contributed by atoms with Crippen LogP contribution in [0.25, 0.3) is 11.1 Å². The fourth-order valence-electron chi connectivity index (χ4n) is 4.76. The Labute approximate surface area is 181 Å². The lowest BCUT2D eigenvalue weighted by Crippen LogP contribution is -2.29. The van der Waals surface area contributed by atoms with E-state index >= 15 is 0 Å². The van der Waals surface area contributed by atoms with Crippen molar-refractivity contribution in [2.45, 2.75) is 40.0 Å². The minimum atomic E-state index is -0.336. The molecule has 30 heavy (non-hydrogen) atoms. The topological polar surface area (TPSA) is 0 Å². The number of hydrogen-bond donors (Lipinski definition) is 0. The normalized spacial score (nSPS) is 15.0. The summed E-state index contributed by atoms with van der Waals surface area (Å²) >= 11 is 0. The molecule has 0 heterocycles. The molecule has 0 N–H and O–H groups in total. The van der Waals surface area contributed by atoms with Gasteiger partial charge in [0, 0.05) is 0 Å². The maximum Gasteiger partial charge on any atom is 0.0710 e. The second-order valence-corrected chi connectivity index (χ2v) is 8.49. The summed E-state index contributed by atoms with van der Waals surface area (Å²) in [5.74, 6) is 0. The Kier molecular flexibility index (Phi) is 5.12. The van der Waals surface area contributed by atoms with Crippen LogP contribution >= 0.6 is 0 Å². The molecule has 0 bridgehead atoms. The van der Waals surface area contributed by atoms with E-state index in [-0.39, 0.29) is 5.41 Å². The van der Waals surface area contributed by atoms with Gasteiger partial charge in [0.25, 0.3) is 0 Å². The SMILES string of the molecule is C=C(C)/C(C)=C\C(=C/C)C1(c2ccc(C)c(C)c2)c2ccccc2-c2ccccc21. The smallest absolute Gasteiger partial charge is 0.0710 e. The van der Waals surface area contributed by atoms with Gasteiger partial charge in [-0.2, -0.15) is 0 Å². The molecular formula is C30H30. The molecule has 3 aromatic rings. The van der Waals surface area contributed by atoms with Gasteiger partial charge in [-0.25, -0.2) is 0 Å². The zero-order valence-electron chi connectivity index (χ0n) is 18.7. The summed E-state index contributed by atoms with van der Waals surface area (Å²) in [6, 6.07) is 24.7. The minimum absolute atomic E-state index is 0.336. The van der Waals surface area contributed by atoms with Crippen molar-refractivity contribution in [3.63, 3.8) is 0 Å². The molecule has 0 fully saturated rings. The monoisotopic (exact) mass is 390 g/mol. The lowest BCUT2D eigenvalue weighted by atomic mass is 9.66. The number of fused-ring (bicyclic) bond motifs is 3. The molecule has 0 saturated carbocycles. The van der Waals surface area contributed by atoms with E-state index in [1.807, 2.05) is 0 Å². The lowest BCUT2D eigenvalue weighted by molar-refractivity contribution is 0.762. The van der Waals surface area contributed by atoms with Crippen molar-refractivity contribution >= 4 is 0 Å². The van der Waals surface area contributed by atoms with Gasteiger partial charge in [0.2, 0.25) is 0 Å². The highest BCUT2D eigenvalue weighted by Gasteiger charge is 2.46. The quantitative estimate of drug-likeness (QED) is 0.395. The molecule has 1 aliphatic rings. The molecule has 0 nitrogen and oxygen atoms in total. The summed E-state index contributed by atoms with van der Waals surface area (Å²) in [4.78, 5) is 0. The van der Waals surface area contributed by atoms with E-state index in [1.165, 1.54) is 50.1 Å². The van der Waals surface area contributed by atoms with Crippen LogP contribution < -0.4 is 0 Å². The summed E-state index contributed by atoms with van der Waals surface area (Å²) in [5.41, 5.74) is 12.6. The van der Waals surface area contributed by atoms with Gasteiger partial charge >= 0.3 is 0 Å². The molecule has 0 heteroatoms. The van der Waals surface area contributed by atoms with Crippen LogP contribution in [0.1, 0.15) is 48.6 Å². The first-order chi connectivity index (χ1) is 14.4. The molecule has 0 saturated heterocycles. The third-order valence-electron chi connectivity index (χ3n) is 6.68. The van der Waals surface area contributed by atoms with Gasteiger partial charge in [0.1, 0.15) is 0 Å². The average Bonchev–Trinajstić information content (AvgIpc) is 3.05. The maximum absolute atomic E-state index is 4.18. The molecule has 1 aliphatic carbocycles. The zero-order valence-corrected chi connectivity index (χ0v) is 18.7. The zero-order chi connectivity index (χ0) is 21.5. The Morgan fingerprint density at radius 3 is 1.87 bits per heavy atom. The highest BCUT2D eigenvalue weighted by atomic mass is 14.5. The summed E-state index contributed by atoms with van der Waals surface area (Å²) in [5, 5.41) is 0. The van der Waals surface area contributed by atoms with Crippen LogP contribution in [0.4, 0.5) is 0 Å². The standard InChI is InChI=1S/C30H30/c1-7-24(18-22(5)20(2)3)30(25-17-16-21(4)23(6)19-25)28-14-10-8-12-26(28)27-13-9-11-15-29(27)30/h7-19H,2H2,1,3-6H3/b22-18-,24-7+. The summed E-state index contributed by atoms with van der Waals surface area (Å²) in [6.07, 6.45) is 4.61. The molecule has 0 aromatic heterocycles. The summed E-state index contributed by atoms with van der Waals surface area (Å²) in [6.45, 7) is 15.0. The van der Waals surface area contributed by atoms with Crippen LogP contribution in [0.2, 0.25) is 0 Å². The minimum Gasteiger partial charge on any atom is -0.0958 e. The van der Waals surface area contributed by atoms with Crippen molar-refractivity contribution in [1.82, 2.24) is 0 Å². The van der Waals surface area contributed by atoms with E-state index in [1.54, 1.807) is 0 Å². The Hall–Kier alpha value is -3.12. The second-order valence-electron chi connectivity index (χ2n) is 8.49. The van der Waals surface area contributed by atoms with Crippen LogP contribution in [-0.2, 0) is 5.41 Å². The van der Waals surface area contributed by atoms with Crippen molar-refractivity contribution in [3.8, 4) is 11.1 Å². The largest absolute Gasteiger partial charge is 0.0958 e. The van der Waals surface area contributed by atoms with Crippen molar-refractivity contribution in [1.29, 1.82) is 0 Å². The van der Waals surface area contributed by atoms with Gasteiger partial charge in [-0.15, -0.1) is 0 Å². The van der Waals surface area contributed by atoms with Crippen molar-refractivity contribution in [2.75, 3.05) is 0 Å². The Balaban J connectivity index is 2.17. The fraction of sp³-hybridized carbons (Fsp3) is 0.200. The van der Waals surface area contributed by atoms with E-state index < -0.39 is 0 Å². The average molecular weight is 391 g/mol. The molecule has 0 spiro atoms. The first-order valence-corrected chi connectivity index (χ1v) is 10.7. The van der Waals surface area contributed by atoms with Crippen LogP contribution in [0, 0.1) is 13.8 Å². The first kappa shape index (κ1) is 20.2. The van der Waals surface area contributed by atoms with Gasteiger partial charge < -0.3 is 0 Å². The van der Waals surface area contributed by atoms with E-state index in [2.05, 4.69) is 120 Å². The predicted octanol–water partition coefficient (Wildman–Crippen LogP) is 8.09. The predicted molar refractivity (Wildman–Crippen MR) is 130 cm³/mol. The summed E-state index contributed by atoms with van der Waals surface area (Å²) in [7, 11) is 0. The molecule has 0 radical (unpaired) electrons. The van der Waals surface area contributed by atoms with Crippen molar-refractivity contribution in [3.05, 3.63) is 130 Å². The van der Waals surface area contributed by atoms with Crippen LogP contribution in [0.15, 0.2) is 102 Å². The van der Waals surface area contributed by atoms with Gasteiger partial charge in [-0.3, -0.25) is 0 Å². The van der Waals surface area contributed by atoms with E-state index in [0.29, 0.717) is 0 Å². The van der Waals surface area contributed by atoms with Gasteiger partial charge in [0.05, 0.1) is 5.41 Å². The van der Waals surface area contributed by atoms with Crippen LogP contribution in [0.5, 0.6) is 0 Å². The van der Waals surface area contributed by atoms with Gasteiger partial charge in [0.15, 0.2) is 0 Å². The number of aryl methyl sites for hydroxylation is 2. The maximum atomic E-state index is 4.18. The third kappa shape index (κ3) is 2.91. The molecule has 0 amide bonds. The fourth-order valence-corrected chi connectivity index (χ4v) is 4.76. The number of hydrogen-bond acceptors (Lipinski definition) is 0. The van der Waals surface area contributed by atoms with E-state index in [4.69, 9.17) is 0 Å². The molecule has 3 aromatic carbocycles. The van der Waals surface area contributed by atoms with Gasteiger partial charge in [-0.1, -0.05) is 91.0 Å². The Bertz CT molecular complexity index is 1150. The lowest BCUT2D eigenvalue weighted by Gasteiger charge is -2.35. The van der Waals surface area contributed by atoms with Crippen molar-refractivity contribution in [2.24, 2.45) is 0 Å². The molecule has 150 valence electrons. The number of rotatable bonds is 4. The highest BCUT2D eigenvalue weighted by Crippen LogP contribution is 2.56. The molecule has 0 unspecified atom stereocenters. The highest BCUT2D eigenvalue weighted by molar-refractivity contribution is 5.86. The molecule has 0 atom stereocenters. The van der Waals surface area contributed by atoms with E-state index in [9.17, 15) is 0 Å².